The smallest absolute Gasteiger partial charge is 0.206 e. The summed E-state index contributed by atoms with van der Waals surface area (Å²) in [6.45, 7) is 2.36. The quantitative estimate of drug-likeness (QED) is 0.536. The van der Waals surface area contributed by atoms with Crippen molar-refractivity contribution in [2.75, 3.05) is 18.9 Å². The normalized spacial score (nSPS) is 12.3. The van der Waals surface area contributed by atoms with Gasteiger partial charge in [-0.2, -0.15) is 0 Å². The second kappa shape index (κ2) is 7.24. The van der Waals surface area contributed by atoms with Crippen molar-refractivity contribution < 1.29 is 8.42 Å². The zero-order chi connectivity index (χ0) is 13.8. The number of nitrogens with zero attached hydrogens (tertiary/aromatic N) is 1. The van der Waals surface area contributed by atoms with Crippen molar-refractivity contribution >= 4 is 48.9 Å². The van der Waals surface area contributed by atoms with Gasteiger partial charge in [0.2, 0.25) is 0 Å². The molecular formula is C11H17BrClNO2S2. The Kier molecular flexibility index (Phi) is 6.61. The number of rotatable bonds is 7. The molecule has 0 unspecified atom stereocenters. The summed E-state index contributed by atoms with van der Waals surface area (Å²) in [5.41, 5.74) is 0.813. The summed E-state index contributed by atoms with van der Waals surface area (Å²) < 4.78 is 26.7. The van der Waals surface area contributed by atoms with Gasteiger partial charge in [0.25, 0.3) is 10.0 Å². The SMILES string of the molecule is Cc1cc(S(=O)(=O)N(C)CCCCCBr)sc1Cl. The molecule has 0 saturated heterocycles. The first kappa shape index (κ1) is 16.4. The summed E-state index contributed by atoms with van der Waals surface area (Å²) in [4.78, 5) is 0. The lowest BCUT2D eigenvalue weighted by molar-refractivity contribution is 0.456. The molecule has 0 radical (unpaired) electrons. The Balaban J connectivity index is 2.68. The van der Waals surface area contributed by atoms with E-state index in [1.54, 1.807) is 13.1 Å². The number of hydrogen-bond donors (Lipinski definition) is 0. The molecule has 0 atom stereocenters. The van der Waals surface area contributed by atoms with Crippen molar-refractivity contribution in [2.24, 2.45) is 0 Å². The lowest BCUT2D eigenvalue weighted by Gasteiger charge is -2.15. The molecule has 104 valence electrons. The zero-order valence-electron chi connectivity index (χ0n) is 10.4. The van der Waals surface area contributed by atoms with E-state index in [1.807, 2.05) is 6.92 Å². The monoisotopic (exact) mass is 373 g/mol. The van der Waals surface area contributed by atoms with Crippen molar-refractivity contribution in [3.8, 4) is 0 Å². The van der Waals surface area contributed by atoms with Gasteiger partial charge in [-0.25, -0.2) is 12.7 Å². The van der Waals surface area contributed by atoms with Crippen LogP contribution in [0, 0.1) is 6.92 Å². The summed E-state index contributed by atoms with van der Waals surface area (Å²) in [6, 6.07) is 1.64. The first-order valence-electron chi connectivity index (χ1n) is 5.68. The maximum absolute atomic E-state index is 12.2. The van der Waals surface area contributed by atoms with E-state index in [2.05, 4.69) is 15.9 Å². The predicted molar refractivity (Wildman–Crippen MR) is 81.5 cm³/mol. The third-order valence-electron chi connectivity index (χ3n) is 2.61. The zero-order valence-corrected chi connectivity index (χ0v) is 14.4. The average Bonchev–Trinajstić information content (AvgIpc) is 2.65. The highest BCUT2D eigenvalue weighted by molar-refractivity contribution is 9.09. The molecule has 1 heterocycles. The number of hydrogen-bond acceptors (Lipinski definition) is 3. The highest BCUT2D eigenvalue weighted by Gasteiger charge is 2.23. The molecule has 1 aromatic rings. The molecule has 0 aliphatic carbocycles. The Morgan fingerprint density at radius 1 is 1.39 bits per heavy atom. The largest absolute Gasteiger partial charge is 0.252 e. The molecule has 3 nitrogen and oxygen atoms in total. The van der Waals surface area contributed by atoms with Crippen molar-refractivity contribution in [1.29, 1.82) is 0 Å². The highest BCUT2D eigenvalue weighted by Crippen LogP contribution is 2.31. The molecule has 0 spiro atoms. The lowest BCUT2D eigenvalue weighted by atomic mass is 10.2. The molecule has 0 amide bonds. The van der Waals surface area contributed by atoms with Gasteiger partial charge in [0.05, 0.1) is 4.34 Å². The molecule has 0 fully saturated rings. The van der Waals surface area contributed by atoms with Gasteiger partial charge in [0, 0.05) is 18.9 Å². The van der Waals surface area contributed by atoms with Gasteiger partial charge < -0.3 is 0 Å². The third-order valence-corrected chi connectivity index (χ3v) is 7.03. The molecule has 0 bridgehead atoms. The average molecular weight is 375 g/mol. The van der Waals surface area contributed by atoms with Gasteiger partial charge in [-0.1, -0.05) is 34.0 Å². The van der Waals surface area contributed by atoms with Crippen molar-refractivity contribution in [3.05, 3.63) is 16.0 Å². The fourth-order valence-electron chi connectivity index (χ4n) is 1.44. The van der Waals surface area contributed by atoms with Crippen LogP contribution in [0.5, 0.6) is 0 Å². The first-order valence-corrected chi connectivity index (χ1v) is 9.43. The van der Waals surface area contributed by atoms with Crippen LogP contribution in [0.1, 0.15) is 24.8 Å². The summed E-state index contributed by atoms with van der Waals surface area (Å²) in [5, 5.41) is 0.961. The maximum Gasteiger partial charge on any atom is 0.252 e. The van der Waals surface area contributed by atoms with Crippen LogP contribution in [0.25, 0.3) is 0 Å². The van der Waals surface area contributed by atoms with E-state index in [-0.39, 0.29) is 0 Å². The molecular weight excluding hydrogens is 358 g/mol. The summed E-state index contributed by atoms with van der Waals surface area (Å²) in [5.74, 6) is 0. The van der Waals surface area contributed by atoms with Crippen LogP contribution in [-0.2, 0) is 10.0 Å². The number of thiophene rings is 1. The molecule has 0 aliphatic rings. The van der Waals surface area contributed by atoms with E-state index < -0.39 is 10.0 Å². The van der Waals surface area contributed by atoms with Crippen molar-refractivity contribution in [2.45, 2.75) is 30.4 Å². The Bertz CT molecular complexity index is 468. The predicted octanol–water partition coefficient (Wildman–Crippen LogP) is 3.90. The molecule has 0 N–H and O–H groups in total. The van der Waals surface area contributed by atoms with E-state index in [9.17, 15) is 8.42 Å². The van der Waals surface area contributed by atoms with Crippen molar-refractivity contribution in [3.63, 3.8) is 0 Å². The van der Waals surface area contributed by atoms with Gasteiger partial charge in [-0.15, -0.1) is 11.3 Å². The van der Waals surface area contributed by atoms with E-state index in [0.717, 1.165) is 41.5 Å². The molecule has 7 heteroatoms. The van der Waals surface area contributed by atoms with Crippen LogP contribution in [0.15, 0.2) is 10.3 Å². The second-order valence-electron chi connectivity index (χ2n) is 4.10. The summed E-state index contributed by atoms with van der Waals surface area (Å²) >= 11 is 10.4. The van der Waals surface area contributed by atoms with E-state index in [4.69, 9.17) is 11.6 Å². The van der Waals surface area contributed by atoms with Crippen LogP contribution < -0.4 is 0 Å². The number of unbranched alkanes of at least 4 members (excludes halogenated alkanes) is 2. The Labute approximate surface area is 126 Å². The molecule has 0 saturated carbocycles. The first-order chi connectivity index (χ1) is 8.39. The molecule has 0 aromatic carbocycles. The summed E-state index contributed by atoms with van der Waals surface area (Å²) in [7, 11) is -1.75. The van der Waals surface area contributed by atoms with Gasteiger partial charge in [0.1, 0.15) is 4.21 Å². The second-order valence-corrected chi connectivity index (χ2v) is 8.82. The molecule has 1 rings (SSSR count). The van der Waals surface area contributed by atoms with Crippen LogP contribution in [0.3, 0.4) is 0 Å². The number of sulfonamides is 1. The summed E-state index contributed by atoms with van der Waals surface area (Å²) in [6.07, 6.45) is 2.96. The molecule has 18 heavy (non-hydrogen) atoms. The third kappa shape index (κ3) is 4.20. The van der Waals surface area contributed by atoms with Gasteiger partial charge >= 0.3 is 0 Å². The maximum atomic E-state index is 12.2. The fraction of sp³-hybridized carbons (Fsp3) is 0.636. The van der Waals surface area contributed by atoms with Crippen molar-refractivity contribution in [1.82, 2.24) is 4.31 Å². The highest BCUT2D eigenvalue weighted by atomic mass is 79.9. The molecule has 1 aromatic heterocycles. The standard InChI is InChI=1S/C11H17BrClNO2S2/c1-9-8-10(17-11(9)13)18(15,16)14(2)7-5-3-4-6-12/h8H,3-7H2,1-2H3. The van der Waals surface area contributed by atoms with Crippen LogP contribution in [0.4, 0.5) is 0 Å². The van der Waals surface area contributed by atoms with Crippen LogP contribution in [-0.4, -0.2) is 31.6 Å². The van der Waals surface area contributed by atoms with Gasteiger partial charge in [-0.05, 0) is 31.4 Å². The Morgan fingerprint density at radius 3 is 2.56 bits per heavy atom. The lowest BCUT2D eigenvalue weighted by Crippen LogP contribution is -2.27. The van der Waals surface area contributed by atoms with Crippen LogP contribution >= 0.6 is 38.9 Å². The Morgan fingerprint density at radius 2 is 2.06 bits per heavy atom. The minimum atomic E-state index is -3.37. The van der Waals surface area contributed by atoms with Gasteiger partial charge in [-0.3, -0.25) is 0 Å². The van der Waals surface area contributed by atoms with E-state index in [1.165, 1.54) is 4.31 Å². The number of alkyl halides is 1. The Hall–Kier alpha value is 0.380. The molecule has 0 aliphatic heterocycles. The number of aryl methyl sites for hydroxylation is 1. The minimum Gasteiger partial charge on any atom is -0.206 e. The fourth-order valence-corrected chi connectivity index (χ4v) is 4.96. The van der Waals surface area contributed by atoms with E-state index >= 15 is 0 Å². The van der Waals surface area contributed by atoms with Crippen LogP contribution in [0.2, 0.25) is 4.34 Å². The van der Waals surface area contributed by atoms with Gasteiger partial charge in [0.15, 0.2) is 0 Å². The number of halogens is 2. The topological polar surface area (TPSA) is 37.4 Å². The van der Waals surface area contributed by atoms with E-state index in [0.29, 0.717) is 15.1 Å². The minimum absolute atomic E-state index is 0.327.